The van der Waals surface area contributed by atoms with Crippen LogP contribution in [-0.2, 0) is 5.41 Å². The number of rotatable bonds is 2. The predicted molar refractivity (Wildman–Crippen MR) is 84.1 cm³/mol. The second kappa shape index (κ2) is 5.36. The monoisotopic (exact) mass is 304 g/mol. The number of anilines is 1. The molecule has 1 unspecified atom stereocenters. The van der Waals surface area contributed by atoms with E-state index in [2.05, 4.69) is 6.07 Å². The van der Waals surface area contributed by atoms with E-state index in [0.717, 1.165) is 16.7 Å². The van der Waals surface area contributed by atoms with Crippen LogP contribution in [0.3, 0.4) is 0 Å². The molecule has 4 heteroatoms. The fourth-order valence-corrected chi connectivity index (χ4v) is 3.04. The van der Waals surface area contributed by atoms with Crippen LogP contribution < -0.4 is 5.73 Å². The Morgan fingerprint density at radius 3 is 2.25 bits per heavy atom. The summed E-state index contributed by atoms with van der Waals surface area (Å²) in [6, 6.07) is 13.1. The van der Waals surface area contributed by atoms with Gasteiger partial charge >= 0.3 is 0 Å². The van der Waals surface area contributed by atoms with Crippen LogP contribution in [-0.4, -0.2) is 0 Å². The SMILES string of the molecule is Cc1cc(N)cc(Cl)c1C(C)(C#N)c1ccc(Cl)cc1. The number of benzene rings is 2. The van der Waals surface area contributed by atoms with Crippen molar-refractivity contribution in [3.8, 4) is 6.07 Å². The topological polar surface area (TPSA) is 49.8 Å². The van der Waals surface area contributed by atoms with E-state index in [1.165, 1.54) is 0 Å². The summed E-state index contributed by atoms with van der Waals surface area (Å²) in [6.45, 7) is 3.75. The molecule has 2 N–H and O–H groups in total. The summed E-state index contributed by atoms with van der Waals surface area (Å²) < 4.78 is 0. The van der Waals surface area contributed by atoms with E-state index in [1.807, 2.05) is 32.0 Å². The molecule has 0 spiro atoms. The van der Waals surface area contributed by atoms with Crippen molar-refractivity contribution >= 4 is 28.9 Å². The van der Waals surface area contributed by atoms with Crippen LogP contribution in [0, 0.1) is 18.3 Å². The van der Waals surface area contributed by atoms with Gasteiger partial charge in [-0.25, -0.2) is 0 Å². The Bertz CT molecular complexity index is 664. The summed E-state index contributed by atoms with van der Waals surface area (Å²) in [5.74, 6) is 0. The Balaban J connectivity index is 2.69. The normalized spacial score (nSPS) is 13.6. The summed E-state index contributed by atoms with van der Waals surface area (Å²) in [4.78, 5) is 0. The zero-order valence-corrected chi connectivity index (χ0v) is 12.8. The fourth-order valence-electron chi connectivity index (χ4n) is 2.45. The maximum Gasteiger partial charge on any atom is 0.106 e. The summed E-state index contributed by atoms with van der Waals surface area (Å²) in [7, 11) is 0. The van der Waals surface area contributed by atoms with Crippen LogP contribution >= 0.6 is 23.2 Å². The number of hydrogen-bond acceptors (Lipinski definition) is 2. The highest BCUT2D eigenvalue weighted by Crippen LogP contribution is 2.39. The first kappa shape index (κ1) is 14.7. The first-order valence-corrected chi connectivity index (χ1v) is 6.87. The molecule has 0 aliphatic carbocycles. The van der Waals surface area contributed by atoms with Crippen LogP contribution in [0.2, 0.25) is 10.0 Å². The molecular formula is C16H14Cl2N2. The van der Waals surface area contributed by atoms with Gasteiger partial charge in [-0.2, -0.15) is 5.26 Å². The number of nitrogens with two attached hydrogens (primary N) is 1. The summed E-state index contributed by atoms with van der Waals surface area (Å²) >= 11 is 12.2. The Hall–Kier alpha value is -1.69. The van der Waals surface area contributed by atoms with Crippen molar-refractivity contribution in [2.75, 3.05) is 5.73 Å². The van der Waals surface area contributed by atoms with Crippen molar-refractivity contribution in [3.05, 3.63) is 63.1 Å². The van der Waals surface area contributed by atoms with Gasteiger partial charge in [0.25, 0.3) is 0 Å². The van der Waals surface area contributed by atoms with Gasteiger partial charge < -0.3 is 5.73 Å². The molecule has 0 amide bonds. The van der Waals surface area contributed by atoms with Crippen LogP contribution in [0.1, 0.15) is 23.6 Å². The molecule has 0 fully saturated rings. The first-order chi connectivity index (χ1) is 9.38. The number of halogens is 2. The predicted octanol–water partition coefficient (Wildman–Crippen LogP) is 4.71. The van der Waals surface area contributed by atoms with E-state index in [-0.39, 0.29) is 0 Å². The van der Waals surface area contributed by atoms with Crippen molar-refractivity contribution in [1.82, 2.24) is 0 Å². The third-order valence-electron chi connectivity index (χ3n) is 3.45. The molecule has 0 saturated carbocycles. The minimum Gasteiger partial charge on any atom is -0.399 e. The van der Waals surface area contributed by atoms with Gasteiger partial charge in [0.1, 0.15) is 5.41 Å². The van der Waals surface area contributed by atoms with Crippen molar-refractivity contribution in [2.24, 2.45) is 0 Å². The number of nitrogen functional groups attached to an aromatic ring is 1. The van der Waals surface area contributed by atoms with E-state index in [4.69, 9.17) is 28.9 Å². The average Bonchev–Trinajstić information content (AvgIpc) is 2.37. The quantitative estimate of drug-likeness (QED) is 0.817. The Labute approximate surface area is 128 Å². The zero-order chi connectivity index (χ0) is 14.9. The van der Waals surface area contributed by atoms with Gasteiger partial charge in [0, 0.05) is 15.7 Å². The maximum atomic E-state index is 9.71. The number of hydrogen-bond donors (Lipinski definition) is 1. The Kier molecular flexibility index (Phi) is 3.94. The van der Waals surface area contributed by atoms with E-state index >= 15 is 0 Å². The molecule has 2 aromatic rings. The molecule has 2 nitrogen and oxygen atoms in total. The minimum atomic E-state index is -0.848. The van der Waals surface area contributed by atoms with E-state index in [1.54, 1.807) is 18.2 Å². The number of aryl methyl sites for hydroxylation is 1. The van der Waals surface area contributed by atoms with Crippen molar-refractivity contribution < 1.29 is 0 Å². The van der Waals surface area contributed by atoms with Crippen molar-refractivity contribution in [1.29, 1.82) is 5.26 Å². The average molecular weight is 305 g/mol. The molecule has 2 aromatic carbocycles. The molecule has 0 saturated heterocycles. The highest BCUT2D eigenvalue weighted by Gasteiger charge is 2.32. The molecule has 0 heterocycles. The van der Waals surface area contributed by atoms with E-state index < -0.39 is 5.41 Å². The summed E-state index contributed by atoms with van der Waals surface area (Å²) in [5, 5.41) is 10.8. The molecule has 0 aliphatic heterocycles. The lowest BCUT2D eigenvalue weighted by molar-refractivity contribution is 0.734. The first-order valence-electron chi connectivity index (χ1n) is 6.12. The molecule has 102 valence electrons. The zero-order valence-electron chi connectivity index (χ0n) is 11.2. The smallest absolute Gasteiger partial charge is 0.106 e. The standard InChI is InChI=1S/C16H14Cl2N2/c1-10-7-13(20)8-14(18)15(10)16(2,9-19)11-3-5-12(17)6-4-11/h3-8H,20H2,1-2H3. The van der Waals surface area contributed by atoms with Crippen LogP contribution in [0.5, 0.6) is 0 Å². The minimum absolute atomic E-state index is 0.501. The van der Waals surface area contributed by atoms with Gasteiger partial charge in [0.15, 0.2) is 0 Å². The molecule has 0 bridgehead atoms. The van der Waals surface area contributed by atoms with Gasteiger partial charge in [0.2, 0.25) is 0 Å². The van der Waals surface area contributed by atoms with Gasteiger partial charge in [-0.15, -0.1) is 0 Å². The Morgan fingerprint density at radius 2 is 1.75 bits per heavy atom. The third kappa shape index (κ3) is 2.47. The van der Waals surface area contributed by atoms with Crippen molar-refractivity contribution in [2.45, 2.75) is 19.3 Å². The molecule has 0 aliphatic rings. The van der Waals surface area contributed by atoms with Gasteiger partial charge in [0.05, 0.1) is 6.07 Å². The summed E-state index contributed by atoms with van der Waals surface area (Å²) in [6.07, 6.45) is 0. The van der Waals surface area contributed by atoms with Crippen molar-refractivity contribution in [3.63, 3.8) is 0 Å². The molecule has 0 radical (unpaired) electrons. The second-order valence-electron chi connectivity index (χ2n) is 4.94. The molecular weight excluding hydrogens is 291 g/mol. The second-order valence-corrected chi connectivity index (χ2v) is 5.78. The number of nitriles is 1. The molecule has 0 aromatic heterocycles. The van der Waals surface area contributed by atoms with Crippen LogP contribution in [0.25, 0.3) is 0 Å². The fraction of sp³-hybridized carbons (Fsp3) is 0.188. The third-order valence-corrected chi connectivity index (χ3v) is 4.00. The lowest BCUT2D eigenvalue weighted by Gasteiger charge is -2.26. The van der Waals surface area contributed by atoms with Crippen LogP contribution in [0.4, 0.5) is 5.69 Å². The highest BCUT2D eigenvalue weighted by molar-refractivity contribution is 6.32. The number of nitrogens with zero attached hydrogens (tertiary/aromatic N) is 1. The largest absolute Gasteiger partial charge is 0.399 e. The Morgan fingerprint density at radius 1 is 1.15 bits per heavy atom. The van der Waals surface area contributed by atoms with Crippen LogP contribution in [0.15, 0.2) is 36.4 Å². The summed E-state index contributed by atoms with van der Waals surface area (Å²) in [5.41, 5.74) is 8.05. The van der Waals surface area contributed by atoms with E-state index in [0.29, 0.717) is 15.7 Å². The van der Waals surface area contributed by atoms with E-state index in [9.17, 15) is 5.26 Å². The van der Waals surface area contributed by atoms with Gasteiger partial charge in [-0.3, -0.25) is 0 Å². The lowest BCUT2D eigenvalue weighted by atomic mass is 9.75. The molecule has 20 heavy (non-hydrogen) atoms. The lowest BCUT2D eigenvalue weighted by Crippen LogP contribution is -2.23. The highest BCUT2D eigenvalue weighted by atomic mass is 35.5. The maximum absolute atomic E-state index is 9.71. The van der Waals surface area contributed by atoms with Gasteiger partial charge in [-0.05, 0) is 54.8 Å². The molecule has 2 rings (SSSR count). The molecule has 1 atom stereocenters. The van der Waals surface area contributed by atoms with Gasteiger partial charge in [-0.1, -0.05) is 35.3 Å².